The molecular formula is C10H18F5NO3Si. The van der Waals surface area contributed by atoms with Gasteiger partial charge in [-0.1, -0.05) is 0 Å². The third-order valence-electron chi connectivity index (χ3n) is 2.58. The fourth-order valence-corrected chi connectivity index (χ4v) is 2.33. The number of alkyl halides is 5. The first-order valence-electron chi connectivity index (χ1n) is 5.81. The van der Waals surface area contributed by atoms with Crippen LogP contribution in [0.15, 0.2) is 0 Å². The summed E-state index contributed by atoms with van der Waals surface area (Å²) >= 11 is 0. The van der Waals surface area contributed by atoms with Gasteiger partial charge in [-0.2, -0.15) is 22.0 Å². The minimum absolute atomic E-state index is 0.121. The molecule has 0 aromatic rings. The fraction of sp³-hybridized carbons (Fsp3) is 0.900. The van der Waals surface area contributed by atoms with Gasteiger partial charge in [-0.05, 0) is 25.6 Å². The van der Waals surface area contributed by atoms with Gasteiger partial charge in [-0.3, -0.25) is 0 Å². The summed E-state index contributed by atoms with van der Waals surface area (Å²) in [5, 5.41) is 2.11. The standard InChI is InChI=1S/C10H18F5NO3Si/c1-18-20(2,3)6-4-5-16-8(17)19-7-9(11,12)10(13,14)15/h4-7H2,1-3H3,(H,16,17). The molecule has 4 nitrogen and oxygen atoms in total. The predicted molar refractivity (Wildman–Crippen MR) is 64.3 cm³/mol. The van der Waals surface area contributed by atoms with Crippen LogP contribution in [0.3, 0.4) is 0 Å². The molecule has 0 aromatic heterocycles. The topological polar surface area (TPSA) is 47.6 Å². The molecule has 0 aromatic carbocycles. The van der Waals surface area contributed by atoms with E-state index in [-0.39, 0.29) is 6.54 Å². The minimum atomic E-state index is -5.73. The largest absolute Gasteiger partial charge is 0.456 e. The molecule has 0 heterocycles. The number of carbonyl (C=O) groups excluding carboxylic acids is 1. The molecule has 0 fully saturated rings. The average Bonchev–Trinajstić information content (AvgIpc) is 2.31. The molecule has 1 amide bonds. The van der Waals surface area contributed by atoms with Crippen molar-refractivity contribution in [3.8, 4) is 0 Å². The first-order valence-corrected chi connectivity index (χ1v) is 8.93. The van der Waals surface area contributed by atoms with Gasteiger partial charge in [0.05, 0.1) is 0 Å². The Hall–Kier alpha value is -0.903. The number of carbonyl (C=O) groups is 1. The van der Waals surface area contributed by atoms with Crippen molar-refractivity contribution in [1.29, 1.82) is 0 Å². The van der Waals surface area contributed by atoms with E-state index in [4.69, 9.17) is 4.43 Å². The van der Waals surface area contributed by atoms with E-state index in [1.54, 1.807) is 7.11 Å². The number of hydrogen-bond donors (Lipinski definition) is 1. The average molecular weight is 323 g/mol. The van der Waals surface area contributed by atoms with Gasteiger partial charge in [0.25, 0.3) is 0 Å². The Morgan fingerprint density at radius 1 is 1.20 bits per heavy atom. The third kappa shape index (κ3) is 7.03. The second-order valence-corrected chi connectivity index (χ2v) is 9.20. The van der Waals surface area contributed by atoms with Gasteiger partial charge in [-0.15, -0.1) is 0 Å². The summed E-state index contributed by atoms with van der Waals surface area (Å²) in [7, 11) is -0.207. The van der Waals surface area contributed by atoms with Gasteiger partial charge in [0, 0.05) is 13.7 Å². The normalized spacial score (nSPS) is 13.2. The first kappa shape index (κ1) is 19.1. The lowest BCUT2D eigenvalue weighted by atomic mass is 10.3. The van der Waals surface area contributed by atoms with E-state index in [0.29, 0.717) is 12.5 Å². The van der Waals surface area contributed by atoms with Crippen LogP contribution in [0, 0.1) is 0 Å². The van der Waals surface area contributed by atoms with Crippen molar-refractivity contribution >= 4 is 14.4 Å². The highest BCUT2D eigenvalue weighted by molar-refractivity contribution is 6.71. The van der Waals surface area contributed by atoms with E-state index in [0.717, 1.165) is 0 Å². The number of halogens is 5. The minimum Gasteiger partial charge on any atom is -0.443 e. The molecule has 0 aliphatic heterocycles. The smallest absolute Gasteiger partial charge is 0.443 e. The lowest BCUT2D eigenvalue weighted by Crippen LogP contribution is -2.42. The van der Waals surface area contributed by atoms with E-state index in [1.165, 1.54) is 0 Å². The molecule has 0 saturated carbocycles. The lowest BCUT2D eigenvalue weighted by molar-refractivity contribution is -0.292. The van der Waals surface area contributed by atoms with Gasteiger partial charge in [0.2, 0.25) is 0 Å². The van der Waals surface area contributed by atoms with Crippen molar-refractivity contribution < 1.29 is 35.9 Å². The highest BCUT2D eigenvalue weighted by atomic mass is 28.4. The molecule has 0 spiro atoms. The van der Waals surface area contributed by atoms with Crippen LogP contribution in [0.25, 0.3) is 0 Å². The van der Waals surface area contributed by atoms with E-state index in [9.17, 15) is 26.7 Å². The zero-order valence-electron chi connectivity index (χ0n) is 11.4. The highest BCUT2D eigenvalue weighted by Gasteiger charge is 2.58. The molecule has 10 heteroatoms. The Balaban J connectivity index is 3.92. The summed E-state index contributed by atoms with van der Waals surface area (Å²) in [5.74, 6) is -5.05. The molecule has 0 bridgehead atoms. The van der Waals surface area contributed by atoms with Crippen LogP contribution >= 0.6 is 0 Å². The summed E-state index contributed by atoms with van der Waals surface area (Å²) in [4.78, 5) is 11.0. The van der Waals surface area contributed by atoms with Crippen molar-refractivity contribution in [2.45, 2.75) is 37.7 Å². The number of amides is 1. The highest BCUT2D eigenvalue weighted by Crippen LogP contribution is 2.35. The second-order valence-electron chi connectivity index (χ2n) is 4.77. The molecule has 0 aliphatic rings. The molecule has 0 saturated heterocycles. The van der Waals surface area contributed by atoms with Crippen molar-refractivity contribution in [3.05, 3.63) is 0 Å². The van der Waals surface area contributed by atoms with Crippen LogP contribution in [0.2, 0.25) is 19.1 Å². The molecule has 0 aliphatic carbocycles. The van der Waals surface area contributed by atoms with E-state index in [1.807, 2.05) is 13.1 Å². The Morgan fingerprint density at radius 3 is 2.20 bits per heavy atom. The molecule has 120 valence electrons. The fourth-order valence-electron chi connectivity index (χ4n) is 1.10. The number of nitrogens with one attached hydrogen (secondary N) is 1. The third-order valence-corrected chi connectivity index (χ3v) is 5.24. The molecule has 1 N–H and O–H groups in total. The maximum atomic E-state index is 12.4. The Bertz CT molecular complexity index is 323. The van der Waals surface area contributed by atoms with Gasteiger partial charge in [0.15, 0.2) is 14.9 Å². The molecular weight excluding hydrogens is 305 g/mol. The van der Waals surface area contributed by atoms with Crippen LogP contribution in [0.5, 0.6) is 0 Å². The maximum Gasteiger partial charge on any atom is 0.456 e. The van der Waals surface area contributed by atoms with Gasteiger partial charge < -0.3 is 14.5 Å². The molecule has 0 rings (SSSR count). The summed E-state index contributed by atoms with van der Waals surface area (Å²) in [5.41, 5.74) is 0. The summed E-state index contributed by atoms with van der Waals surface area (Å²) in [6.07, 6.45) is -6.51. The number of ether oxygens (including phenoxy) is 1. The van der Waals surface area contributed by atoms with Crippen molar-refractivity contribution in [2.24, 2.45) is 0 Å². The quantitative estimate of drug-likeness (QED) is 0.445. The van der Waals surface area contributed by atoms with E-state index in [2.05, 4.69) is 10.1 Å². The van der Waals surface area contributed by atoms with Crippen LogP contribution in [-0.2, 0) is 9.16 Å². The lowest BCUT2D eigenvalue weighted by Gasteiger charge is -2.20. The van der Waals surface area contributed by atoms with Crippen LogP contribution in [0.1, 0.15) is 6.42 Å². The molecule has 0 unspecified atom stereocenters. The second kappa shape index (κ2) is 7.20. The first-order chi connectivity index (χ1) is 8.91. The summed E-state index contributed by atoms with van der Waals surface area (Å²) < 4.78 is 69.3. The van der Waals surface area contributed by atoms with Crippen molar-refractivity contribution in [2.75, 3.05) is 20.3 Å². The Kier molecular flexibility index (Phi) is 6.88. The van der Waals surface area contributed by atoms with Crippen molar-refractivity contribution in [3.63, 3.8) is 0 Å². The number of hydrogen-bond acceptors (Lipinski definition) is 3. The van der Waals surface area contributed by atoms with Crippen LogP contribution in [0.4, 0.5) is 26.7 Å². The molecule has 20 heavy (non-hydrogen) atoms. The van der Waals surface area contributed by atoms with Gasteiger partial charge >= 0.3 is 18.2 Å². The maximum absolute atomic E-state index is 12.4. The van der Waals surface area contributed by atoms with E-state index < -0.39 is 33.1 Å². The monoisotopic (exact) mass is 323 g/mol. The SMILES string of the molecule is CO[Si](C)(C)CCCNC(=O)OCC(F)(F)C(F)(F)F. The zero-order chi connectivity index (χ0) is 16.0. The van der Waals surface area contributed by atoms with Crippen LogP contribution < -0.4 is 5.32 Å². The van der Waals surface area contributed by atoms with Gasteiger partial charge in [0.1, 0.15) is 0 Å². The Labute approximate surface area is 114 Å². The predicted octanol–water partition coefficient (Wildman–Crippen LogP) is 3.15. The molecule has 0 radical (unpaired) electrons. The summed E-state index contributed by atoms with van der Waals surface area (Å²) in [6, 6.07) is 0.711. The number of alkyl carbamates (subject to hydrolysis) is 1. The summed E-state index contributed by atoms with van der Waals surface area (Å²) in [6.45, 7) is 2.00. The Morgan fingerprint density at radius 2 is 1.75 bits per heavy atom. The van der Waals surface area contributed by atoms with E-state index >= 15 is 0 Å². The van der Waals surface area contributed by atoms with Crippen LogP contribution in [-0.4, -0.2) is 46.8 Å². The van der Waals surface area contributed by atoms with Gasteiger partial charge in [-0.25, -0.2) is 4.79 Å². The van der Waals surface area contributed by atoms with Crippen molar-refractivity contribution in [1.82, 2.24) is 5.32 Å². The molecule has 0 atom stereocenters. The number of rotatable bonds is 7. The zero-order valence-corrected chi connectivity index (χ0v) is 12.4.